The second-order valence-corrected chi connectivity index (χ2v) is 4.45. The molecule has 3 nitrogen and oxygen atoms in total. The van der Waals surface area contributed by atoms with Crippen molar-refractivity contribution >= 4 is 5.69 Å². The van der Waals surface area contributed by atoms with E-state index in [1.807, 2.05) is 38.1 Å². The maximum atomic E-state index is 9.79. The third-order valence-corrected chi connectivity index (χ3v) is 2.89. The molecular formula is C15H17NO2. The van der Waals surface area contributed by atoms with Crippen LogP contribution in [0.1, 0.15) is 24.1 Å². The van der Waals surface area contributed by atoms with Gasteiger partial charge in [0.1, 0.15) is 11.5 Å². The standard InChI is InChI=1S/C15H17NO2/c1-10-5-3-6-12(9-10)16-11(2)15-13(17)7-4-8-14(15)18/h3-9,11,16-18H,1-2H3. The topological polar surface area (TPSA) is 52.5 Å². The van der Waals surface area contributed by atoms with Crippen molar-refractivity contribution in [1.82, 2.24) is 0 Å². The number of aryl methyl sites for hydroxylation is 1. The summed E-state index contributed by atoms with van der Waals surface area (Å²) < 4.78 is 0. The third kappa shape index (κ3) is 2.56. The molecule has 0 aliphatic heterocycles. The minimum atomic E-state index is -0.173. The van der Waals surface area contributed by atoms with Gasteiger partial charge in [-0.05, 0) is 43.7 Å². The largest absolute Gasteiger partial charge is 0.507 e. The Kier molecular flexibility index (Phi) is 3.42. The van der Waals surface area contributed by atoms with Gasteiger partial charge in [-0.3, -0.25) is 0 Å². The summed E-state index contributed by atoms with van der Waals surface area (Å²) >= 11 is 0. The van der Waals surface area contributed by atoms with Gasteiger partial charge in [-0.25, -0.2) is 0 Å². The van der Waals surface area contributed by atoms with Crippen molar-refractivity contribution < 1.29 is 10.2 Å². The quantitative estimate of drug-likeness (QED) is 0.772. The summed E-state index contributed by atoms with van der Waals surface area (Å²) in [5, 5.41) is 22.8. The molecule has 1 atom stereocenters. The zero-order chi connectivity index (χ0) is 13.1. The van der Waals surface area contributed by atoms with Gasteiger partial charge in [0.15, 0.2) is 0 Å². The highest BCUT2D eigenvalue weighted by Gasteiger charge is 2.14. The zero-order valence-corrected chi connectivity index (χ0v) is 10.5. The second kappa shape index (κ2) is 5.00. The maximum absolute atomic E-state index is 9.79. The molecule has 0 radical (unpaired) electrons. The van der Waals surface area contributed by atoms with E-state index < -0.39 is 0 Å². The molecule has 3 heteroatoms. The molecule has 2 aromatic rings. The lowest BCUT2D eigenvalue weighted by atomic mass is 10.1. The summed E-state index contributed by atoms with van der Waals surface area (Å²) in [5.74, 6) is 0.199. The number of benzene rings is 2. The van der Waals surface area contributed by atoms with Gasteiger partial charge in [0.2, 0.25) is 0 Å². The number of hydrogen-bond donors (Lipinski definition) is 3. The number of nitrogens with one attached hydrogen (secondary N) is 1. The second-order valence-electron chi connectivity index (χ2n) is 4.45. The molecular weight excluding hydrogens is 226 g/mol. The summed E-state index contributed by atoms with van der Waals surface area (Å²) in [6.45, 7) is 3.92. The van der Waals surface area contributed by atoms with E-state index in [1.165, 1.54) is 0 Å². The smallest absolute Gasteiger partial charge is 0.124 e. The van der Waals surface area contributed by atoms with Crippen LogP contribution in [0.3, 0.4) is 0 Å². The van der Waals surface area contributed by atoms with Crippen LogP contribution < -0.4 is 5.32 Å². The molecule has 1 unspecified atom stereocenters. The Morgan fingerprint density at radius 1 is 1.00 bits per heavy atom. The van der Waals surface area contributed by atoms with E-state index in [-0.39, 0.29) is 17.5 Å². The third-order valence-electron chi connectivity index (χ3n) is 2.89. The van der Waals surface area contributed by atoms with Crippen molar-refractivity contribution in [2.45, 2.75) is 19.9 Å². The number of anilines is 1. The van der Waals surface area contributed by atoms with Gasteiger partial charge in [0.25, 0.3) is 0 Å². The number of hydrogen-bond acceptors (Lipinski definition) is 3. The molecule has 0 saturated heterocycles. The summed E-state index contributed by atoms with van der Waals surface area (Å²) in [4.78, 5) is 0. The SMILES string of the molecule is Cc1cccc(NC(C)c2c(O)cccc2O)c1. The van der Waals surface area contributed by atoms with Gasteiger partial charge in [-0.1, -0.05) is 18.2 Å². The predicted molar refractivity (Wildman–Crippen MR) is 73.0 cm³/mol. The molecule has 2 aromatic carbocycles. The monoisotopic (exact) mass is 243 g/mol. The molecule has 0 heterocycles. The molecule has 3 N–H and O–H groups in total. The van der Waals surface area contributed by atoms with Crippen LogP contribution in [0, 0.1) is 6.92 Å². The molecule has 0 spiro atoms. The lowest BCUT2D eigenvalue weighted by Gasteiger charge is -2.18. The maximum Gasteiger partial charge on any atom is 0.124 e. The molecule has 0 aromatic heterocycles. The van der Waals surface area contributed by atoms with Crippen molar-refractivity contribution in [1.29, 1.82) is 0 Å². The fourth-order valence-corrected chi connectivity index (χ4v) is 2.04. The average Bonchev–Trinajstić information content (AvgIpc) is 2.28. The van der Waals surface area contributed by atoms with Crippen molar-refractivity contribution in [2.75, 3.05) is 5.32 Å². The van der Waals surface area contributed by atoms with Crippen LogP contribution in [0.25, 0.3) is 0 Å². The Hall–Kier alpha value is -2.16. The number of rotatable bonds is 3. The van der Waals surface area contributed by atoms with Crippen molar-refractivity contribution in [3.63, 3.8) is 0 Å². The fourth-order valence-electron chi connectivity index (χ4n) is 2.04. The minimum Gasteiger partial charge on any atom is -0.507 e. The summed E-state index contributed by atoms with van der Waals surface area (Å²) in [7, 11) is 0. The van der Waals surface area contributed by atoms with E-state index in [1.54, 1.807) is 18.2 Å². The first-order chi connectivity index (χ1) is 8.58. The average molecular weight is 243 g/mol. The van der Waals surface area contributed by atoms with E-state index >= 15 is 0 Å². The first-order valence-corrected chi connectivity index (χ1v) is 5.92. The highest BCUT2D eigenvalue weighted by molar-refractivity contribution is 5.52. The van der Waals surface area contributed by atoms with Gasteiger partial charge in [0, 0.05) is 5.69 Å². The Morgan fingerprint density at radius 2 is 1.61 bits per heavy atom. The van der Waals surface area contributed by atoms with E-state index in [2.05, 4.69) is 5.32 Å². The van der Waals surface area contributed by atoms with Crippen molar-refractivity contribution in [3.8, 4) is 11.5 Å². The molecule has 94 valence electrons. The summed E-state index contributed by atoms with van der Waals surface area (Å²) in [6.07, 6.45) is 0. The van der Waals surface area contributed by atoms with Crippen LogP contribution in [0.4, 0.5) is 5.69 Å². The van der Waals surface area contributed by atoms with E-state index in [0.29, 0.717) is 5.56 Å². The highest BCUT2D eigenvalue weighted by atomic mass is 16.3. The van der Waals surface area contributed by atoms with Crippen LogP contribution in [0.5, 0.6) is 11.5 Å². The normalized spacial score (nSPS) is 12.1. The summed E-state index contributed by atoms with van der Waals surface area (Å²) in [6, 6.07) is 12.6. The molecule has 2 rings (SSSR count). The zero-order valence-electron chi connectivity index (χ0n) is 10.5. The summed E-state index contributed by atoms with van der Waals surface area (Å²) in [5.41, 5.74) is 2.64. The van der Waals surface area contributed by atoms with Gasteiger partial charge >= 0.3 is 0 Å². The number of phenols is 2. The Labute approximate surface area is 107 Å². The Morgan fingerprint density at radius 3 is 2.22 bits per heavy atom. The van der Waals surface area contributed by atoms with Gasteiger partial charge < -0.3 is 15.5 Å². The van der Waals surface area contributed by atoms with Crippen molar-refractivity contribution in [3.05, 3.63) is 53.6 Å². The first-order valence-electron chi connectivity index (χ1n) is 5.92. The van der Waals surface area contributed by atoms with Gasteiger partial charge in [-0.15, -0.1) is 0 Å². The Bertz CT molecular complexity index is 532. The lowest BCUT2D eigenvalue weighted by molar-refractivity contribution is 0.434. The van der Waals surface area contributed by atoms with Gasteiger partial charge in [-0.2, -0.15) is 0 Å². The molecule has 0 fully saturated rings. The van der Waals surface area contributed by atoms with Gasteiger partial charge in [0.05, 0.1) is 11.6 Å². The van der Waals surface area contributed by atoms with Crippen LogP contribution >= 0.6 is 0 Å². The van der Waals surface area contributed by atoms with E-state index in [0.717, 1.165) is 11.3 Å². The number of aromatic hydroxyl groups is 2. The molecule has 0 aliphatic rings. The lowest BCUT2D eigenvalue weighted by Crippen LogP contribution is -2.07. The molecule has 0 saturated carbocycles. The first kappa shape index (κ1) is 12.3. The fraction of sp³-hybridized carbons (Fsp3) is 0.200. The molecule has 0 bridgehead atoms. The Balaban J connectivity index is 2.25. The number of phenolic OH excluding ortho intramolecular Hbond substituents is 2. The van der Waals surface area contributed by atoms with E-state index in [4.69, 9.17) is 0 Å². The van der Waals surface area contributed by atoms with Crippen molar-refractivity contribution in [2.24, 2.45) is 0 Å². The van der Waals surface area contributed by atoms with Crippen LogP contribution in [-0.4, -0.2) is 10.2 Å². The highest BCUT2D eigenvalue weighted by Crippen LogP contribution is 2.34. The minimum absolute atomic E-state index is 0.0997. The van der Waals surface area contributed by atoms with Crippen LogP contribution in [0.2, 0.25) is 0 Å². The van der Waals surface area contributed by atoms with Crippen LogP contribution in [-0.2, 0) is 0 Å². The molecule has 0 amide bonds. The predicted octanol–water partition coefficient (Wildman–Crippen LogP) is 3.58. The van der Waals surface area contributed by atoms with E-state index in [9.17, 15) is 10.2 Å². The molecule has 18 heavy (non-hydrogen) atoms. The molecule has 0 aliphatic carbocycles. The van der Waals surface area contributed by atoms with Crippen LogP contribution in [0.15, 0.2) is 42.5 Å².